The largest absolute Gasteiger partial charge is 0.384 e. The maximum Gasteiger partial charge on any atom is 0.123 e. The Hall–Kier alpha value is -1.45. The van der Waals surface area contributed by atoms with Crippen LogP contribution in [0.3, 0.4) is 0 Å². The smallest absolute Gasteiger partial charge is 0.123 e. The molecule has 0 saturated carbocycles. The molecule has 4 heteroatoms. The van der Waals surface area contributed by atoms with Gasteiger partial charge in [0.2, 0.25) is 0 Å². The van der Waals surface area contributed by atoms with Crippen LogP contribution in [0.1, 0.15) is 11.1 Å². The maximum absolute atomic E-state index is 12.9. The number of aromatic nitrogens is 1. The summed E-state index contributed by atoms with van der Waals surface area (Å²) in [7, 11) is 0. The molecule has 1 aromatic carbocycles. The number of alkyl halides is 1. The number of halogens is 2. The normalized spacial score (nSPS) is 14.2. The lowest BCUT2D eigenvalue weighted by Gasteiger charge is -2.26. The summed E-state index contributed by atoms with van der Waals surface area (Å²) in [6.07, 6.45) is 3.69. The van der Waals surface area contributed by atoms with Gasteiger partial charge in [-0.05, 0) is 35.4 Å². The Morgan fingerprint density at radius 1 is 1.11 bits per heavy atom. The summed E-state index contributed by atoms with van der Waals surface area (Å²) in [5.74, 6) is -0.291. The van der Waals surface area contributed by atoms with Crippen LogP contribution in [0.4, 0.5) is 4.39 Å². The highest BCUT2D eigenvalue weighted by Gasteiger charge is 2.28. The Morgan fingerprint density at radius 2 is 1.72 bits per heavy atom. The zero-order valence-electron chi connectivity index (χ0n) is 9.68. The summed E-state index contributed by atoms with van der Waals surface area (Å²) >= 11 is 5.87. The third-order valence-corrected chi connectivity index (χ3v) is 3.29. The van der Waals surface area contributed by atoms with E-state index in [-0.39, 0.29) is 11.7 Å². The van der Waals surface area contributed by atoms with E-state index in [0.717, 1.165) is 5.56 Å². The average Bonchev–Trinajstić information content (AvgIpc) is 2.40. The highest BCUT2D eigenvalue weighted by Crippen LogP contribution is 2.27. The molecule has 94 valence electrons. The van der Waals surface area contributed by atoms with Gasteiger partial charge >= 0.3 is 0 Å². The van der Waals surface area contributed by atoms with Gasteiger partial charge in [-0.2, -0.15) is 0 Å². The second-order valence-electron chi connectivity index (χ2n) is 4.20. The Morgan fingerprint density at radius 3 is 2.28 bits per heavy atom. The van der Waals surface area contributed by atoms with Crippen LogP contribution in [0.2, 0.25) is 0 Å². The summed E-state index contributed by atoms with van der Waals surface area (Å²) in [6.45, 7) is 0. The van der Waals surface area contributed by atoms with E-state index in [9.17, 15) is 9.50 Å². The third kappa shape index (κ3) is 2.86. The van der Waals surface area contributed by atoms with Gasteiger partial charge in [-0.1, -0.05) is 12.1 Å². The van der Waals surface area contributed by atoms with Gasteiger partial charge in [-0.25, -0.2) is 4.39 Å². The molecule has 1 unspecified atom stereocenters. The first kappa shape index (κ1) is 13.0. The number of benzene rings is 1. The number of hydrogen-bond acceptors (Lipinski definition) is 2. The zero-order valence-corrected chi connectivity index (χ0v) is 10.4. The van der Waals surface area contributed by atoms with Crippen LogP contribution < -0.4 is 0 Å². The minimum Gasteiger partial charge on any atom is -0.384 e. The second kappa shape index (κ2) is 5.46. The summed E-state index contributed by atoms with van der Waals surface area (Å²) in [5, 5.41) is 10.6. The van der Waals surface area contributed by atoms with Crippen molar-refractivity contribution in [1.82, 2.24) is 4.98 Å². The van der Waals surface area contributed by atoms with Gasteiger partial charge in [0.1, 0.15) is 11.4 Å². The number of nitrogens with zero attached hydrogens (tertiary/aromatic N) is 1. The molecule has 0 aliphatic heterocycles. The predicted octanol–water partition coefficient (Wildman–Crippen LogP) is 2.89. The summed E-state index contributed by atoms with van der Waals surface area (Å²) in [5.41, 5.74) is 0.338. The van der Waals surface area contributed by atoms with Gasteiger partial charge in [0.15, 0.2) is 0 Å². The first-order chi connectivity index (χ1) is 8.64. The number of aliphatic hydroxyl groups is 1. The predicted molar refractivity (Wildman–Crippen MR) is 69.0 cm³/mol. The average molecular weight is 266 g/mol. The first-order valence-electron chi connectivity index (χ1n) is 5.57. The van der Waals surface area contributed by atoms with Crippen LogP contribution in [0.25, 0.3) is 0 Å². The minimum atomic E-state index is -1.20. The second-order valence-corrected chi connectivity index (χ2v) is 4.47. The van der Waals surface area contributed by atoms with Crippen molar-refractivity contribution in [1.29, 1.82) is 0 Å². The Kier molecular flexibility index (Phi) is 3.94. The molecule has 0 fully saturated rings. The van der Waals surface area contributed by atoms with Crippen LogP contribution in [0.5, 0.6) is 0 Å². The van der Waals surface area contributed by atoms with Crippen LogP contribution in [-0.4, -0.2) is 16.0 Å². The summed E-state index contributed by atoms with van der Waals surface area (Å²) < 4.78 is 12.9. The van der Waals surface area contributed by atoms with Crippen molar-refractivity contribution in [2.24, 2.45) is 0 Å². The maximum atomic E-state index is 12.9. The lowest BCUT2D eigenvalue weighted by molar-refractivity contribution is 0.0613. The van der Waals surface area contributed by atoms with Gasteiger partial charge < -0.3 is 5.11 Å². The van der Waals surface area contributed by atoms with Crippen molar-refractivity contribution in [2.45, 2.75) is 12.0 Å². The van der Waals surface area contributed by atoms with E-state index >= 15 is 0 Å². The fraction of sp³-hybridized carbons (Fsp3) is 0.214. The summed E-state index contributed by atoms with van der Waals surface area (Å²) in [4.78, 5) is 3.92. The lowest BCUT2D eigenvalue weighted by atomic mass is 9.89. The van der Waals surface area contributed by atoms with Gasteiger partial charge in [0, 0.05) is 18.8 Å². The van der Waals surface area contributed by atoms with Crippen LogP contribution in [0.15, 0.2) is 48.8 Å². The van der Waals surface area contributed by atoms with E-state index in [0.29, 0.717) is 12.0 Å². The number of pyridine rings is 1. The quantitative estimate of drug-likeness (QED) is 0.863. The van der Waals surface area contributed by atoms with Gasteiger partial charge in [0.25, 0.3) is 0 Å². The molecule has 1 heterocycles. The highest BCUT2D eigenvalue weighted by atomic mass is 35.5. The number of rotatable bonds is 4. The Labute approximate surface area is 110 Å². The molecule has 2 aromatic rings. The molecule has 0 saturated heterocycles. The lowest BCUT2D eigenvalue weighted by Crippen LogP contribution is -2.30. The molecule has 2 nitrogen and oxygen atoms in total. The number of hydrogen-bond donors (Lipinski definition) is 1. The Balaban J connectivity index is 2.28. The SMILES string of the molecule is OC(CCl)(Cc1ccncc1)c1ccc(F)cc1. The molecule has 0 aliphatic carbocycles. The van der Waals surface area contributed by atoms with E-state index in [1.807, 2.05) is 12.1 Å². The van der Waals surface area contributed by atoms with Crippen LogP contribution in [-0.2, 0) is 12.0 Å². The monoisotopic (exact) mass is 265 g/mol. The zero-order chi connectivity index (χ0) is 13.0. The molecule has 0 spiro atoms. The van der Waals surface area contributed by atoms with Gasteiger partial charge in [-0.15, -0.1) is 11.6 Å². The molecular weight excluding hydrogens is 253 g/mol. The van der Waals surface area contributed by atoms with E-state index in [1.54, 1.807) is 24.5 Å². The minimum absolute atomic E-state index is 0.0426. The molecule has 1 aromatic heterocycles. The van der Waals surface area contributed by atoms with Crippen LogP contribution >= 0.6 is 11.6 Å². The fourth-order valence-corrected chi connectivity index (χ4v) is 2.07. The van der Waals surface area contributed by atoms with Crippen molar-refractivity contribution in [3.05, 3.63) is 65.7 Å². The third-order valence-electron chi connectivity index (χ3n) is 2.85. The van der Waals surface area contributed by atoms with Gasteiger partial charge in [-0.3, -0.25) is 4.98 Å². The van der Waals surface area contributed by atoms with Crippen LogP contribution in [0, 0.1) is 5.82 Å². The standard InChI is InChI=1S/C14H13ClFNO/c15-10-14(18,9-11-5-7-17-8-6-11)12-1-3-13(16)4-2-12/h1-8,18H,9-10H2. The topological polar surface area (TPSA) is 33.1 Å². The van der Waals surface area contributed by atoms with Crippen molar-refractivity contribution >= 4 is 11.6 Å². The van der Waals surface area contributed by atoms with Crippen molar-refractivity contribution < 1.29 is 9.50 Å². The molecule has 0 radical (unpaired) electrons. The van der Waals surface area contributed by atoms with Crippen molar-refractivity contribution in [3.63, 3.8) is 0 Å². The summed E-state index contributed by atoms with van der Waals surface area (Å²) in [6, 6.07) is 9.39. The van der Waals surface area contributed by atoms with E-state index < -0.39 is 5.60 Å². The molecule has 1 atom stereocenters. The molecular formula is C14H13ClFNO. The van der Waals surface area contributed by atoms with Crippen molar-refractivity contribution in [3.8, 4) is 0 Å². The highest BCUT2D eigenvalue weighted by molar-refractivity contribution is 6.18. The molecule has 1 N–H and O–H groups in total. The molecule has 0 aliphatic rings. The van der Waals surface area contributed by atoms with E-state index in [4.69, 9.17) is 11.6 Å². The molecule has 0 amide bonds. The first-order valence-corrected chi connectivity index (χ1v) is 6.11. The fourth-order valence-electron chi connectivity index (χ4n) is 1.82. The Bertz CT molecular complexity index is 503. The molecule has 18 heavy (non-hydrogen) atoms. The van der Waals surface area contributed by atoms with Gasteiger partial charge in [0.05, 0.1) is 5.88 Å². The van der Waals surface area contributed by atoms with E-state index in [1.165, 1.54) is 12.1 Å². The van der Waals surface area contributed by atoms with E-state index in [2.05, 4.69) is 4.98 Å². The molecule has 2 rings (SSSR count). The molecule has 0 bridgehead atoms. The van der Waals surface area contributed by atoms with Crippen molar-refractivity contribution in [2.75, 3.05) is 5.88 Å².